The summed E-state index contributed by atoms with van der Waals surface area (Å²) >= 11 is 0. The molecule has 0 spiro atoms. The Morgan fingerprint density at radius 1 is 1.44 bits per heavy atom. The summed E-state index contributed by atoms with van der Waals surface area (Å²) in [5.74, 6) is -0.286. The van der Waals surface area contributed by atoms with E-state index in [1.54, 1.807) is 0 Å². The van der Waals surface area contributed by atoms with E-state index in [-0.39, 0.29) is 11.9 Å². The second kappa shape index (κ2) is 5.60. The summed E-state index contributed by atoms with van der Waals surface area (Å²) in [6.45, 7) is 2.63. The minimum absolute atomic E-state index is 0.0778. The molecule has 1 aromatic carbocycles. The zero-order chi connectivity index (χ0) is 13.0. The van der Waals surface area contributed by atoms with E-state index in [0.717, 1.165) is 16.5 Å². The molecule has 2 aromatic rings. The minimum Gasteiger partial charge on any atom is -0.370 e. The molecule has 1 aromatic heterocycles. The molecule has 1 heterocycles. The Morgan fingerprint density at radius 3 is 3.00 bits per heavy atom. The first kappa shape index (κ1) is 12.5. The van der Waals surface area contributed by atoms with Crippen molar-refractivity contribution < 1.29 is 4.79 Å². The van der Waals surface area contributed by atoms with Crippen molar-refractivity contribution in [1.29, 1.82) is 0 Å². The Bertz CT molecular complexity index is 553. The third-order valence-electron chi connectivity index (χ3n) is 2.81. The van der Waals surface area contributed by atoms with Crippen LogP contribution in [0.3, 0.4) is 0 Å². The predicted octanol–water partition coefficient (Wildman–Crippen LogP) is 1.59. The van der Waals surface area contributed by atoms with Gasteiger partial charge in [-0.15, -0.1) is 0 Å². The first-order valence-corrected chi connectivity index (χ1v) is 6.00. The van der Waals surface area contributed by atoms with Crippen molar-refractivity contribution in [1.82, 2.24) is 10.3 Å². The predicted molar refractivity (Wildman–Crippen MR) is 71.9 cm³/mol. The van der Waals surface area contributed by atoms with Gasteiger partial charge in [-0.25, -0.2) is 0 Å². The van der Waals surface area contributed by atoms with Crippen molar-refractivity contribution in [2.24, 2.45) is 5.73 Å². The van der Waals surface area contributed by atoms with Crippen LogP contribution in [-0.2, 0) is 11.3 Å². The van der Waals surface area contributed by atoms with Gasteiger partial charge in [-0.1, -0.05) is 18.2 Å². The van der Waals surface area contributed by atoms with Gasteiger partial charge in [0.1, 0.15) is 0 Å². The van der Waals surface area contributed by atoms with Crippen LogP contribution in [-0.4, -0.2) is 16.9 Å². The lowest BCUT2D eigenvalue weighted by molar-refractivity contribution is -0.118. The zero-order valence-corrected chi connectivity index (χ0v) is 10.4. The van der Waals surface area contributed by atoms with Gasteiger partial charge < -0.3 is 11.1 Å². The summed E-state index contributed by atoms with van der Waals surface area (Å²) < 4.78 is 0. The number of aromatic nitrogens is 1. The van der Waals surface area contributed by atoms with E-state index in [4.69, 9.17) is 5.73 Å². The number of carbonyl (C=O) groups is 1. The van der Waals surface area contributed by atoms with Gasteiger partial charge in [-0.3, -0.25) is 9.78 Å². The zero-order valence-electron chi connectivity index (χ0n) is 10.4. The highest BCUT2D eigenvalue weighted by Crippen LogP contribution is 2.12. The van der Waals surface area contributed by atoms with Crippen molar-refractivity contribution in [3.63, 3.8) is 0 Å². The lowest BCUT2D eigenvalue weighted by Crippen LogP contribution is -2.30. The number of primary amides is 1. The molecule has 18 heavy (non-hydrogen) atoms. The maximum absolute atomic E-state index is 10.8. The quantitative estimate of drug-likeness (QED) is 0.838. The van der Waals surface area contributed by atoms with E-state index in [1.807, 2.05) is 37.4 Å². The van der Waals surface area contributed by atoms with E-state index in [0.29, 0.717) is 13.0 Å². The number of nitrogens with two attached hydrogens (primary N) is 1. The molecule has 2 rings (SSSR count). The van der Waals surface area contributed by atoms with E-state index in [1.165, 1.54) is 0 Å². The van der Waals surface area contributed by atoms with Crippen molar-refractivity contribution in [3.8, 4) is 0 Å². The average Bonchev–Trinajstić information content (AvgIpc) is 2.35. The molecule has 0 saturated carbocycles. The van der Waals surface area contributed by atoms with Crippen LogP contribution >= 0.6 is 0 Å². The van der Waals surface area contributed by atoms with E-state index < -0.39 is 0 Å². The molecular weight excluding hydrogens is 226 g/mol. The molecule has 0 saturated heterocycles. The molecule has 0 aliphatic rings. The normalized spacial score (nSPS) is 12.5. The van der Waals surface area contributed by atoms with Crippen molar-refractivity contribution >= 4 is 16.8 Å². The molecule has 4 nitrogen and oxygen atoms in total. The van der Waals surface area contributed by atoms with E-state index in [9.17, 15) is 4.79 Å². The lowest BCUT2D eigenvalue weighted by atomic mass is 10.1. The van der Waals surface area contributed by atoms with Gasteiger partial charge in [0.15, 0.2) is 0 Å². The summed E-state index contributed by atoms with van der Waals surface area (Å²) in [5.41, 5.74) is 7.24. The van der Waals surface area contributed by atoms with Crippen LogP contribution in [0.2, 0.25) is 0 Å². The molecule has 0 aliphatic heterocycles. The number of nitrogens with one attached hydrogen (secondary N) is 1. The number of hydrogen-bond acceptors (Lipinski definition) is 3. The van der Waals surface area contributed by atoms with Crippen molar-refractivity contribution in [3.05, 3.63) is 42.1 Å². The highest BCUT2D eigenvalue weighted by atomic mass is 16.1. The SMILES string of the molecule is CC(CC(N)=O)NCc1cnc2ccccc2c1. The third kappa shape index (κ3) is 3.28. The first-order valence-electron chi connectivity index (χ1n) is 6.00. The van der Waals surface area contributed by atoms with Crippen LogP contribution in [0.1, 0.15) is 18.9 Å². The Kier molecular flexibility index (Phi) is 3.89. The molecule has 0 radical (unpaired) electrons. The summed E-state index contributed by atoms with van der Waals surface area (Å²) in [4.78, 5) is 15.2. The molecule has 1 amide bonds. The molecule has 4 heteroatoms. The van der Waals surface area contributed by atoms with Crippen LogP contribution in [0.4, 0.5) is 0 Å². The standard InChI is InChI=1S/C14H17N3O/c1-10(6-14(15)18)16-8-11-7-12-4-2-3-5-13(12)17-9-11/h2-5,7,9-10,16H,6,8H2,1H3,(H2,15,18). The van der Waals surface area contributed by atoms with Crippen LogP contribution in [0.25, 0.3) is 10.9 Å². The number of fused-ring (bicyclic) bond motifs is 1. The summed E-state index contributed by atoms with van der Waals surface area (Å²) in [5, 5.41) is 4.38. The monoisotopic (exact) mass is 243 g/mol. The topological polar surface area (TPSA) is 68.0 Å². The molecule has 0 fully saturated rings. The Morgan fingerprint density at radius 2 is 2.22 bits per heavy atom. The number of para-hydroxylation sites is 1. The fraction of sp³-hybridized carbons (Fsp3) is 0.286. The molecular formula is C14H17N3O. The lowest BCUT2D eigenvalue weighted by Gasteiger charge is -2.11. The maximum atomic E-state index is 10.8. The maximum Gasteiger partial charge on any atom is 0.218 e. The van der Waals surface area contributed by atoms with E-state index >= 15 is 0 Å². The fourth-order valence-electron chi connectivity index (χ4n) is 1.88. The fourth-order valence-corrected chi connectivity index (χ4v) is 1.88. The molecule has 3 N–H and O–H groups in total. The molecule has 0 bridgehead atoms. The second-order valence-electron chi connectivity index (χ2n) is 4.49. The van der Waals surface area contributed by atoms with Crippen molar-refractivity contribution in [2.45, 2.75) is 25.9 Å². The molecule has 1 unspecified atom stereocenters. The Balaban J connectivity index is 2.01. The van der Waals surface area contributed by atoms with Gasteiger partial charge in [-0.05, 0) is 24.6 Å². The van der Waals surface area contributed by atoms with E-state index in [2.05, 4.69) is 16.4 Å². The van der Waals surface area contributed by atoms with Crippen LogP contribution in [0.15, 0.2) is 36.5 Å². The minimum atomic E-state index is -0.286. The number of carbonyl (C=O) groups excluding carboxylic acids is 1. The second-order valence-corrected chi connectivity index (χ2v) is 4.49. The highest BCUT2D eigenvalue weighted by Gasteiger charge is 2.05. The Labute approximate surface area is 106 Å². The number of hydrogen-bond donors (Lipinski definition) is 2. The molecule has 94 valence electrons. The van der Waals surface area contributed by atoms with Gasteiger partial charge in [0, 0.05) is 30.6 Å². The van der Waals surface area contributed by atoms with Gasteiger partial charge in [0.25, 0.3) is 0 Å². The summed E-state index contributed by atoms with van der Waals surface area (Å²) in [7, 11) is 0. The van der Waals surface area contributed by atoms with Crippen LogP contribution in [0, 0.1) is 0 Å². The van der Waals surface area contributed by atoms with Gasteiger partial charge in [-0.2, -0.15) is 0 Å². The third-order valence-corrected chi connectivity index (χ3v) is 2.81. The van der Waals surface area contributed by atoms with Crippen LogP contribution < -0.4 is 11.1 Å². The highest BCUT2D eigenvalue weighted by molar-refractivity contribution is 5.78. The Hall–Kier alpha value is -1.94. The molecule has 1 atom stereocenters. The number of amides is 1. The smallest absolute Gasteiger partial charge is 0.218 e. The number of pyridine rings is 1. The molecule has 0 aliphatic carbocycles. The van der Waals surface area contributed by atoms with Crippen LogP contribution in [0.5, 0.6) is 0 Å². The van der Waals surface area contributed by atoms with Crippen molar-refractivity contribution in [2.75, 3.05) is 0 Å². The average molecular weight is 243 g/mol. The first-order chi connectivity index (χ1) is 8.65. The summed E-state index contributed by atoms with van der Waals surface area (Å²) in [6.07, 6.45) is 2.20. The van der Waals surface area contributed by atoms with Gasteiger partial charge in [0.2, 0.25) is 5.91 Å². The summed E-state index contributed by atoms with van der Waals surface area (Å²) in [6, 6.07) is 10.2. The van der Waals surface area contributed by atoms with Gasteiger partial charge in [0.05, 0.1) is 5.52 Å². The number of rotatable bonds is 5. The number of nitrogens with zero attached hydrogens (tertiary/aromatic N) is 1. The number of benzene rings is 1. The van der Waals surface area contributed by atoms with Gasteiger partial charge >= 0.3 is 0 Å². The largest absolute Gasteiger partial charge is 0.370 e.